The van der Waals surface area contributed by atoms with E-state index in [1.807, 2.05) is 5.32 Å². The van der Waals surface area contributed by atoms with Crippen LogP contribution in [-0.2, 0) is 28.8 Å². The average molecular weight is 622 g/mol. The first-order valence-corrected chi connectivity index (χ1v) is 13.6. The van der Waals surface area contributed by atoms with Gasteiger partial charge in [-0.3, -0.25) is 29.4 Å². The van der Waals surface area contributed by atoms with Crippen LogP contribution in [0.2, 0.25) is 0 Å². The summed E-state index contributed by atoms with van der Waals surface area (Å²) >= 11 is 3.97. The van der Waals surface area contributed by atoms with Crippen LogP contribution < -0.4 is 43.4 Å². The van der Waals surface area contributed by atoms with Crippen LogP contribution in [0.1, 0.15) is 33.6 Å². The van der Waals surface area contributed by atoms with Crippen LogP contribution in [0.4, 0.5) is 0 Å². The summed E-state index contributed by atoms with van der Waals surface area (Å²) in [6, 6.07) is -6.52. The van der Waals surface area contributed by atoms with Crippen LogP contribution in [0, 0.1) is 11.3 Å². The van der Waals surface area contributed by atoms with Crippen LogP contribution in [0.3, 0.4) is 0 Å². The second kappa shape index (κ2) is 19.4. The molecule has 0 saturated heterocycles. The molecular formula is C23H43N9O9S. The minimum Gasteiger partial charge on any atom is -0.480 e. The van der Waals surface area contributed by atoms with Crippen molar-refractivity contribution < 1.29 is 44.1 Å². The first-order valence-electron chi connectivity index (χ1n) is 13.0. The number of aliphatic carboxylic acids is 1. The van der Waals surface area contributed by atoms with Gasteiger partial charge in [0.05, 0.1) is 25.3 Å². The Kier molecular flexibility index (Phi) is 17.7. The van der Waals surface area contributed by atoms with Crippen LogP contribution >= 0.6 is 12.6 Å². The summed E-state index contributed by atoms with van der Waals surface area (Å²) in [5.74, 6) is -6.38. The largest absolute Gasteiger partial charge is 0.480 e. The highest BCUT2D eigenvalue weighted by atomic mass is 32.1. The molecule has 0 radical (unpaired) electrons. The van der Waals surface area contributed by atoms with E-state index in [4.69, 9.17) is 22.0 Å². The van der Waals surface area contributed by atoms with Gasteiger partial charge in [0, 0.05) is 12.3 Å². The predicted molar refractivity (Wildman–Crippen MR) is 153 cm³/mol. The molecule has 0 heterocycles. The number of thiol groups is 1. The molecule has 240 valence electrons. The Hall–Kier alpha value is -3.68. The lowest BCUT2D eigenvalue weighted by atomic mass is 10.0. The van der Waals surface area contributed by atoms with Crippen molar-refractivity contribution in [2.75, 3.05) is 25.4 Å². The van der Waals surface area contributed by atoms with Crippen molar-refractivity contribution in [3.63, 3.8) is 0 Å². The topological polar surface area (TPSA) is 311 Å². The van der Waals surface area contributed by atoms with Gasteiger partial charge in [0.1, 0.15) is 18.1 Å². The lowest BCUT2D eigenvalue weighted by Crippen LogP contribution is -2.58. The summed E-state index contributed by atoms with van der Waals surface area (Å²) in [6.45, 7) is 3.03. The standard InChI is InChI=1S/C23H43N9O9S/c1-10(2)16(31-19(37)13(5-4-6-27-23(25)26)30-18(36)12(24)9-42)21(39)28-7-15(35)29-14(8-33)20(38)32-17(11(3)34)22(40)41/h10-14,16-17,33-34,42H,4-9,24H2,1-3H3,(H,28,39)(H,29,35)(H,30,36)(H,31,37)(H,32,38)(H,40,41)(H4,25,26,27)/t11-,12+,13+,14+,16+,17+/m1/s1. The van der Waals surface area contributed by atoms with Crippen molar-refractivity contribution in [3.05, 3.63) is 0 Å². The molecule has 0 fully saturated rings. The average Bonchev–Trinajstić information content (AvgIpc) is 2.91. The van der Waals surface area contributed by atoms with Gasteiger partial charge in [0.2, 0.25) is 29.5 Å². The Morgan fingerprint density at radius 1 is 0.857 bits per heavy atom. The van der Waals surface area contributed by atoms with Gasteiger partial charge in [-0.25, -0.2) is 4.79 Å². The molecule has 19 heteroatoms. The van der Waals surface area contributed by atoms with Gasteiger partial charge in [0.15, 0.2) is 12.0 Å². The zero-order valence-electron chi connectivity index (χ0n) is 23.7. The van der Waals surface area contributed by atoms with Crippen molar-refractivity contribution in [2.45, 2.75) is 69.9 Å². The van der Waals surface area contributed by atoms with E-state index in [-0.39, 0.29) is 24.7 Å². The number of amides is 5. The number of rotatable bonds is 19. The number of nitrogens with two attached hydrogens (primary N) is 2. The number of carboxylic acid groups (broad SMARTS) is 1. The van der Waals surface area contributed by atoms with E-state index in [1.165, 1.54) is 0 Å². The maximum atomic E-state index is 13.1. The van der Waals surface area contributed by atoms with E-state index in [9.17, 15) is 39.0 Å². The molecule has 0 saturated carbocycles. The minimum absolute atomic E-state index is 0.0185. The lowest BCUT2D eigenvalue weighted by molar-refractivity contribution is -0.145. The Bertz CT molecular complexity index is 968. The summed E-state index contributed by atoms with van der Waals surface area (Å²) in [7, 11) is 0. The predicted octanol–water partition coefficient (Wildman–Crippen LogP) is -5.32. The lowest BCUT2D eigenvalue weighted by Gasteiger charge is -2.26. The van der Waals surface area contributed by atoms with Gasteiger partial charge in [-0.1, -0.05) is 13.8 Å². The number of hydrogen-bond donors (Lipinski definition) is 13. The molecule has 0 aromatic rings. The quantitative estimate of drug-likeness (QED) is 0.0278. The molecule has 0 aliphatic carbocycles. The summed E-state index contributed by atoms with van der Waals surface area (Å²) in [5, 5.41) is 49.3. The molecule has 0 aromatic heterocycles. The summed E-state index contributed by atoms with van der Waals surface area (Å²) < 4.78 is 0. The molecule has 0 aliphatic heterocycles. The maximum absolute atomic E-state index is 13.1. The first-order chi connectivity index (χ1) is 19.5. The van der Waals surface area contributed by atoms with Crippen LogP contribution in [0.15, 0.2) is 0 Å². The molecule has 0 unspecified atom stereocenters. The van der Waals surface area contributed by atoms with Crippen molar-refractivity contribution in [1.29, 1.82) is 5.41 Å². The molecule has 0 spiro atoms. The molecule has 42 heavy (non-hydrogen) atoms. The highest BCUT2D eigenvalue weighted by Gasteiger charge is 2.31. The molecule has 0 rings (SSSR count). The normalized spacial score (nSPS) is 15.1. The zero-order chi connectivity index (χ0) is 32.6. The van der Waals surface area contributed by atoms with E-state index < -0.39 is 90.9 Å². The van der Waals surface area contributed by atoms with Gasteiger partial charge >= 0.3 is 5.97 Å². The number of guanidine groups is 1. The number of hydrogen-bond acceptors (Lipinski definition) is 11. The number of carbonyl (C=O) groups excluding carboxylic acids is 5. The van der Waals surface area contributed by atoms with Gasteiger partial charge < -0.3 is 58.7 Å². The number of nitrogens with one attached hydrogen (secondary N) is 7. The molecule has 0 bridgehead atoms. The fraction of sp³-hybridized carbons (Fsp3) is 0.696. The van der Waals surface area contributed by atoms with Crippen molar-refractivity contribution in [2.24, 2.45) is 17.4 Å². The molecular weight excluding hydrogens is 578 g/mol. The smallest absolute Gasteiger partial charge is 0.328 e. The van der Waals surface area contributed by atoms with Crippen molar-refractivity contribution in [3.8, 4) is 0 Å². The molecule has 14 N–H and O–H groups in total. The zero-order valence-corrected chi connectivity index (χ0v) is 24.6. The van der Waals surface area contributed by atoms with Gasteiger partial charge in [-0.15, -0.1) is 0 Å². The number of aliphatic hydroxyl groups excluding tert-OH is 2. The second-order valence-electron chi connectivity index (χ2n) is 9.65. The monoisotopic (exact) mass is 621 g/mol. The molecule has 0 aromatic carbocycles. The SMILES string of the molecule is CC(C)[C@H](NC(=O)[C@H](CCCNC(=N)N)NC(=O)[C@@H](N)CS)C(=O)NCC(=O)N[C@@H](CO)C(=O)N[C@H](C(=O)O)[C@@H](C)O. The Morgan fingerprint density at radius 2 is 1.43 bits per heavy atom. The Balaban J connectivity index is 5.31. The minimum atomic E-state index is -1.69. The van der Waals surface area contributed by atoms with Crippen LogP contribution in [0.25, 0.3) is 0 Å². The number of carbonyl (C=O) groups is 6. The van der Waals surface area contributed by atoms with E-state index in [0.717, 1.165) is 6.92 Å². The number of aliphatic hydroxyl groups is 2. The van der Waals surface area contributed by atoms with Gasteiger partial charge in [-0.05, 0) is 25.7 Å². The summed E-state index contributed by atoms with van der Waals surface area (Å²) in [4.78, 5) is 74.0. The summed E-state index contributed by atoms with van der Waals surface area (Å²) in [6.07, 6.45) is -1.04. The van der Waals surface area contributed by atoms with E-state index in [0.29, 0.717) is 6.42 Å². The molecule has 5 amide bonds. The third-order valence-electron chi connectivity index (χ3n) is 5.70. The fourth-order valence-corrected chi connectivity index (χ4v) is 3.47. The highest BCUT2D eigenvalue weighted by molar-refractivity contribution is 7.80. The van der Waals surface area contributed by atoms with E-state index >= 15 is 0 Å². The van der Waals surface area contributed by atoms with Gasteiger partial charge in [0.25, 0.3) is 0 Å². The molecule has 18 nitrogen and oxygen atoms in total. The maximum Gasteiger partial charge on any atom is 0.328 e. The second-order valence-corrected chi connectivity index (χ2v) is 10.0. The molecule has 6 atom stereocenters. The van der Waals surface area contributed by atoms with Crippen molar-refractivity contribution >= 4 is 54.1 Å². The third-order valence-corrected chi connectivity index (χ3v) is 6.10. The van der Waals surface area contributed by atoms with Crippen molar-refractivity contribution in [1.82, 2.24) is 31.9 Å². The Labute approximate surface area is 248 Å². The Morgan fingerprint density at radius 3 is 1.90 bits per heavy atom. The fourth-order valence-electron chi connectivity index (χ4n) is 3.31. The summed E-state index contributed by atoms with van der Waals surface area (Å²) in [5.41, 5.74) is 10.9. The molecule has 0 aliphatic rings. The first kappa shape index (κ1) is 38.3. The van der Waals surface area contributed by atoms with Crippen LogP contribution in [-0.4, -0.2) is 119 Å². The van der Waals surface area contributed by atoms with E-state index in [2.05, 4.69) is 39.2 Å². The highest BCUT2D eigenvalue weighted by Crippen LogP contribution is 2.05. The van der Waals surface area contributed by atoms with E-state index in [1.54, 1.807) is 13.8 Å². The van der Waals surface area contributed by atoms with Gasteiger partial charge in [-0.2, -0.15) is 12.6 Å². The third kappa shape index (κ3) is 14.3. The van der Waals surface area contributed by atoms with Crippen LogP contribution in [0.5, 0.6) is 0 Å². The number of carboxylic acids is 1.